The molecule has 3 heterocycles. The summed E-state index contributed by atoms with van der Waals surface area (Å²) in [7, 11) is 1.61. The van der Waals surface area contributed by atoms with E-state index in [0.29, 0.717) is 53.5 Å². The topological polar surface area (TPSA) is 81.6 Å². The molecule has 0 aliphatic heterocycles. The Morgan fingerprint density at radius 3 is 2.92 bits per heavy atom. The summed E-state index contributed by atoms with van der Waals surface area (Å²) in [6, 6.07) is 5.40. The van der Waals surface area contributed by atoms with E-state index >= 15 is 0 Å². The normalized spacial score (nSPS) is 11.1. The highest BCUT2D eigenvalue weighted by atomic mass is 16.5. The number of ether oxygens (including phenoxy) is 1. The van der Waals surface area contributed by atoms with Gasteiger partial charge in [-0.25, -0.2) is 4.98 Å². The van der Waals surface area contributed by atoms with E-state index in [1.54, 1.807) is 37.3 Å². The smallest absolute Gasteiger partial charge is 0.258 e. The molecule has 0 aromatic carbocycles. The second-order valence-corrected chi connectivity index (χ2v) is 5.56. The number of hydrogen-bond acceptors (Lipinski definition) is 6. The van der Waals surface area contributed by atoms with Crippen LogP contribution in [-0.2, 0) is 11.3 Å². The van der Waals surface area contributed by atoms with Gasteiger partial charge >= 0.3 is 0 Å². The molecule has 0 aliphatic rings. The van der Waals surface area contributed by atoms with E-state index in [0.717, 1.165) is 0 Å². The predicted octanol–water partition coefficient (Wildman–Crippen LogP) is 2.72. The fourth-order valence-electron chi connectivity index (χ4n) is 2.60. The Balaban J connectivity index is 1.98. The number of nitrogens with zero attached hydrogens (tertiary/aromatic N) is 3. The molecule has 0 spiro atoms. The number of pyridine rings is 1. The molecule has 7 heteroatoms. The number of hydrogen-bond donors (Lipinski definition) is 0. The average molecular weight is 329 g/mol. The molecule has 0 radical (unpaired) electrons. The summed E-state index contributed by atoms with van der Waals surface area (Å²) in [6.45, 7) is 4.86. The predicted molar refractivity (Wildman–Crippen MR) is 86.6 cm³/mol. The van der Waals surface area contributed by atoms with Crippen molar-refractivity contribution in [2.45, 2.75) is 20.4 Å². The van der Waals surface area contributed by atoms with Crippen molar-refractivity contribution in [2.75, 3.05) is 20.3 Å². The molecule has 0 atom stereocenters. The van der Waals surface area contributed by atoms with E-state index in [4.69, 9.17) is 13.7 Å². The maximum absolute atomic E-state index is 13.1. The zero-order valence-corrected chi connectivity index (χ0v) is 13.9. The minimum absolute atomic E-state index is 0.134. The van der Waals surface area contributed by atoms with Crippen LogP contribution in [0.4, 0.5) is 0 Å². The fraction of sp³-hybridized carbons (Fsp3) is 0.353. The molecule has 0 fully saturated rings. The molecule has 3 rings (SSSR count). The molecular weight excluding hydrogens is 310 g/mol. The monoisotopic (exact) mass is 329 g/mol. The molecule has 1 amide bonds. The van der Waals surface area contributed by atoms with Crippen LogP contribution >= 0.6 is 0 Å². The van der Waals surface area contributed by atoms with Crippen LogP contribution < -0.4 is 0 Å². The van der Waals surface area contributed by atoms with Crippen LogP contribution in [0.25, 0.3) is 11.1 Å². The molecule has 0 aliphatic carbocycles. The Labute approximate surface area is 139 Å². The average Bonchev–Trinajstić information content (AvgIpc) is 3.20. The van der Waals surface area contributed by atoms with Crippen LogP contribution in [-0.4, -0.2) is 41.2 Å². The van der Waals surface area contributed by atoms with Crippen LogP contribution in [0.5, 0.6) is 0 Å². The van der Waals surface area contributed by atoms with Gasteiger partial charge in [0.1, 0.15) is 5.76 Å². The summed E-state index contributed by atoms with van der Waals surface area (Å²) in [5, 5.41) is 4.57. The molecule has 24 heavy (non-hydrogen) atoms. The first kappa shape index (κ1) is 16.2. The lowest BCUT2D eigenvalue weighted by Crippen LogP contribution is -2.33. The molecule has 7 nitrogen and oxygen atoms in total. The van der Waals surface area contributed by atoms with Crippen molar-refractivity contribution >= 4 is 17.0 Å². The summed E-state index contributed by atoms with van der Waals surface area (Å²) >= 11 is 0. The first-order valence-electron chi connectivity index (χ1n) is 7.64. The van der Waals surface area contributed by atoms with Crippen molar-refractivity contribution < 1.29 is 18.5 Å². The highest BCUT2D eigenvalue weighted by molar-refractivity contribution is 6.06. The number of amides is 1. The minimum Gasteiger partial charge on any atom is -0.467 e. The van der Waals surface area contributed by atoms with E-state index in [2.05, 4.69) is 10.1 Å². The molecule has 3 aromatic heterocycles. The lowest BCUT2D eigenvalue weighted by atomic mass is 10.1. The summed E-state index contributed by atoms with van der Waals surface area (Å²) in [4.78, 5) is 19.1. The molecule has 0 saturated carbocycles. The largest absolute Gasteiger partial charge is 0.467 e. The molecule has 0 saturated heterocycles. The zero-order chi connectivity index (χ0) is 17.1. The van der Waals surface area contributed by atoms with Gasteiger partial charge in [0.15, 0.2) is 0 Å². The summed E-state index contributed by atoms with van der Waals surface area (Å²) in [5.74, 6) is 0.578. The van der Waals surface area contributed by atoms with Gasteiger partial charge in [-0.2, -0.15) is 0 Å². The van der Waals surface area contributed by atoms with Crippen molar-refractivity contribution in [2.24, 2.45) is 0 Å². The van der Waals surface area contributed by atoms with E-state index < -0.39 is 0 Å². The van der Waals surface area contributed by atoms with Crippen LogP contribution in [0.1, 0.15) is 27.5 Å². The number of fused-ring (bicyclic) bond motifs is 1. The first-order chi connectivity index (χ1) is 11.6. The third kappa shape index (κ3) is 3.16. The minimum atomic E-state index is -0.134. The van der Waals surface area contributed by atoms with Crippen LogP contribution in [0, 0.1) is 13.8 Å². The first-order valence-corrected chi connectivity index (χ1v) is 7.64. The molecule has 3 aromatic rings. The number of aromatic nitrogens is 2. The summed E-state index contributed by atoms with van der Waals surface area (Å²) in [6.07, 6.45) is 1.59. The second-order valence-electron chi connectivity index (χ2n) is 5.56. The quantitative estimate of drug-likeness (QED) is 0.691. The highest BCUT2D eigenvalue weighted by Gasteiger charge is 2.23. The standard InChI is InChI=1S/C17H19N3O4/c1-11-9-14(15-12(2)19-24-16(15)18-11)17(21)20(6-8-22-3)10-13-5-4-7-23-13/h4-5,7,9H,6,8,10H2,1-3H3. The second kappa shape index (κ2) is 6.84. The van der Waals surface area contributed by atoms with Gasteiger partial charge in [-0.1, -0.05) is 5.16 Å². The van der Waals surface area contributed by atoms with E-state index in [1.165, 1.54) is 0 Å². The highest BCUT2D eigenvalue weighted by Crippen LogP contribution is 2.24. The van der Waals surface area contributed by atoms with E-state index in [-0.39, 0.29) is 5.91 Å². The van der Waals surface area contributed by atoms with Gasteiger partial charge in [0.25, 0.3) is 11.6 Å². The number of carbonyl (C=O) groups is 1. The number of carbonyl (C=O) groups excluding carboxylic acids is 1. The van der Waals surface area contributed by atoms with Gasteiger partial charge in [-0.05, 0) is 32.0 Å². The van der Waals surface area contributed by atoms with Crippen LogP contribution in [0.15, 0.2) is 33.4 Å². The summed E-state index contributed by atoms with van der Waals surface area (Å²) in [5.41, 5.74) is 2.25. The Morgan fingerprint density at radius 1 is 1.38 bits per heavy atom. The van der Waals surface area contributed by atoms with Gasteiger partial charge in [0.05, 0.1) is 36.1 Å². The molecule has 0 N–H and O–H groups in total. The van der Waals surface area contributed by atoms with Crippen molar-refractivity contribution in [1.29, 1.82) is 0 Å². The maximum Gasteiger partial charge on any atom is 0.258 e. The van der Waals surface area contributed by atoms with Gasteiger partial charge in [0.2, 0.25) is 0 Å². The maximum atomic E-state index is 13.1. The SMILES string of the molecule is COCCN(Cc1ccco1)C(=O)c1cc(C)nc2onc(C)c12. The Bertz CT molecular complexity index is 839. The number of furan rings is 1. The van der Waals surface area contributed by atoms with Crippen molar-refractivity contribution in [1.82, 2.24) is 15.0 Å². The van der Waals surface area contributed by atoms with Crippen molar-refractivity contribution in [3.05, 3.63) is 47.2 Å². The lowest BCUT2D eigenvalue weighted by molar-refractivity contribution is 0.0668. The van der Waals surface area contributed by atoms with Gasteiger partial charge < -0.3 is 18.6 Å². The molecule has 0 unspecified atom stereocenters. The third-order valence-corrected chi connectivity index (χ3v) is 3.75. The number of rotatable bonds is 6. The van der Waals surface area contributed by atoms with Crippen molar-refractivity contribution in [3.8, 4) is 0 Å². The van der Waals surface area contributed by atoms with Gasteiger partial charge in [0, 0.05) is 19.3 Å². The molecular formula is C17H19N3O4. The van der Waals surface area contributed by atoms with E-state index in [9.17, 15) is 4.79 Å². The Morgan fingerprint density at radius 2 is 2.21 bits per heavy atom. The zero-order valence-electron chi connectivity index (χ0n) is 13.9. The van der Waals surface area contributed by atoms with Crippen LogP contribution in [0.2, 0.25) is 0 Å². The third-order valence-electron chi connectivity index (χ3n) is 3.75. The Kier molecular flexibility index (Phi) is 4.61. The van der Waals surface area contributed by atoms with Crippen molar-refractivity contribution in [3.63, 3.8) is 0 Å². The fourth-order valence-corrected chi connectivity index (χ4v) is 2.60. The summed E-state index contributed by atoms with van der Waals surface area (Å²) < 4.78 is 15.7. The Hall–Kier alpha value is -2.67. The van der Waals surface area contributed by atoms with Gasteiger partial charge in [-0.15, -0.1) is 0 Å². The molecule has 0 bridgehead atoms. The lowest BCUT2D eigenvalue weighted by Gasteiger charge is -2.22. The van der Waals surface area contributed by atoms with Gasteiger partial charge in [-0.3, -0.25) is 4.79 Å². The molecule has 126 valence electrons. The van der Waals surface area contributed by atoms with Crippen LogP contribution in [0.3, 0.4) is 0 Å². The van der Waals surface area contributed by atoms with E-state index in [1.807, 2.05) is 13.0 Å². The number of methoxy groups -OCH3 is 1. The number of aryl methyl sites for hydroxylation is 2.